The van der Waals surface area contributed by atoms with Gasteiger partial charge in [0.25, 0.3) is 0 Å². The first kappa shape index (κ1) is 19.0. The van der Waals surface area contributed by atoms with E-state index in [1.165, 1.54) is 9.58 Å². The van der Waals surface area contributed by atoms with Gasteiger partial charge in [-0.15, -0.1) is 0 Å². The summed E-state index contributed by atoms with van der Waals surface area (Å²) in [7, 11) is 0. The predicted molar refractivity (Wildman–Crippen MR) is 105 cm³/mol. The second-order valence-electron chi connectivity index (χ2n) is 6.14. The van der Waals surface area contributed by atoms with Crippen molar-refractivity contribution in [3.05, 3.63) is 40.4 Å². The van der Waals surface area contributed by atoms with Crippen LogP contribution in [0.25, 0.3) is 0 Å². The minimum Gasteiger partial charge on any atom is -0.372 e. The van der Waals surface area contributed by atoms with Crippen LogP contribution < -0.4 is 4.90 Å². The number of benzene rings is 1. The number of aromatic amines is 1. The summed E-state index contributed by atoms with van der Waals surface area (Å²) in [6, 6.07) is 8.05. The molecule has 27 heavy (non-hydrogen) atoms. The van der Waals surface area contributed by atoms with Gasteiger partial charge in [-0.1, -0.05) is 12.1 Å². The van der Waals surface area contributed by atoms with Crippen LogP contribution in [-0.4, -0.2) is 50.9 Å². The van der Waals surface area contributed by atoms with Crippen molar-refractivity contribution >= 4 is 35.9 Å². The highest BCUT2D eigenvalue weighted by molar-refractivity contribution is 7.71. The van der Waals surface area contributed by atoms with Crippen LogP contribution in [0.15, 0.2) is 29.4 Å². The van der Waals surface area contributed by atoms with E-state index >= 15 is 0 Å². The van der Waals surface area contributed by atoms with E-state index in [-0.39, 0.29) is 31.2 Å². The van der Waals surface area contributed by atoms with E-state index in [2.05, 4.69) is 34.0 Å². The van der Waals surface area contributed by atoms with Gasteiger partial charge in [0.15, 0.2) is 5.82 Å². The molecule has 0 unspecified atom stereocenters. The largest absolute Gasteiger partial charge is 0.372 e. The lowest BCUT2D eigenvalue weighted by molar-refractivity contribution is -0.139. The van der Waals surface area contributed by atoms with Crippen LogP contribution in [0.2, 0.25) is 0 Å². The molecule has 0 saturated carbocycles. The molecule has 8 nitrogen and oxygen atoms in total. The van der Waals surface area contributed by atoms with Crippen LogP contribution in [0.1, 0.15) is 38.1 Å². The van der Waals surface area contributed by atoms with E-state index in [4.69, 9.17) is 12.2 Å². The van der Waals surface area contributed by atoms with Gasteiger partial charge in [0.2, 0.25) is 16.6 Å². The fourth-order valence-corrected chi connectivity index (χ4v) is 3.17. The minimum absolute atomic E-state index is 0.0586. The normalized spacial score (nSPS) is 14.5. The summed E-state index contributed by atoms with van der Waals surface area (Å²) in [5.41, 5.74) is 2.07. The highest BCUT2D eigenvalue weighted by Gasteiger charge is 2.30. The molecule has 2 aromatic rings. The number of imide groups is 1. The van der Waals surface area contributed by atoms with Crippen molar-refractivity contribution in [2.75, 3.05) is 18.0 Å². The monoisotopic (exact) mass is 386 g/mol. The predicted octanol–water partition coefficient (Wildman–Crippen LogP) is 2.32. The van der Waals surface area contributed by atoms with Crippen molar-refractivity contribution < 1.29 is 9.59 Å². The summed E-state index contributed by atoms with van der Waals surface area (Å²) in [6.07, 6.45) is 2.16. The number of rotatable bonds is 7. The molecule has 1 aliphatic rings. The maximum absolute atomic E-state index is 11.8. The SMILES string of the molecule is CCN(CC)c1ccc(/C=N/n2c(CN3C(=O)CCC3=O)n[nH]c2=S)cc1. The molecule has 1 aromatic heterocycles. The van der Waals surface area contributed by atoms with Gasteiger partial charge in [-0.3, -0.25) is 19.6 Å². The molecule has 0 radical (unpaired) electrons. The number of hydrogen-bond acceptors (Lipinski definition) is 6. The van der Waals surface area contributed by atoms with Gasteiger partial charge in [-0.05, 0) is 43.8 Å². The number of likely N-dealkylation sites (tertiary alicyclic amines) is 1. The maximum Gasteiger partial charge on any atom is 0.230 e. The van der Waals surface area contributed by atoms with E-state index < -0.39 is 0 Å². The topological polar surface area (TPSA) is 86.6 Å². The quantitative estimate of drug-likeness (QED) is 0.448. The summed E-state index contributed by atoms with van der Waals surface area (Å²) < 4.78 is 1.74. The summed E-state index contributed by atoms with van der Waals surface area (Å²) in [5, 5.41) is 11.1. The fraction of sp³-hybridized carbons (Fsp3) is 0.389. The lowest BCUT2D eigenvalue weighted by atomic mass is 10.2. The summed E-state index contributed by atoms with van der Waals surface area (Å²) in [6.45, 7) is 6.20. The Bertz CT molecular complexity index is 895. The third-order valence-corrected chi connectivity index (χ3v) is 4.78. The smallest absolute Gasteiger partial charge is 0.230 e. The molecule has 3 rings (SSSR count). The minimum atomic E-state index is -0.198. The van der Waals surface area contributed by atoms with Crippen LogP contribution in [0.3, 0.4) is 0 Å². The zero-order valence-electron chi connectivity index (χ0n) is 15.4. The Balaban J connectivity index is 1.77. The first-order chi connectivity index (χ1) is 13.0. The number of nitrogens with one attached hydrogen (secondary N) is 1. The number of nitrogens with zero attached hydrogens (tertiary/aromatic N) is 5. The molecule has 0 bridgehead atoms. The van der Waals surface area contributed by atoms with Gasteiger partial charge in [0, 0.05) is 31.6 Å². The summed E-state index contributed by atoms with van der Waals surface area (Å²) >= 11 is 5.21. The lowest BCUT2D eigenvalue weighted by Crippen LogP contribution is -2.29. The Kier molecular flexibility index (Phi) is 5.80. The van der Waals surface area contributed by atoms with Crippen molar-refractivity contribution in [2.24, 2.45) is 5.10 Å². The molecule has 1 aliphatic heterocycles. The van der Waals surface area contributed by atoms with Gasteiger partial charge in [0.1, 0.15) is 0 Å². The van der Waals surface area contributed by atoms with E-state index in [1.54, 1.807) is 6.21 Å². The van der Waals surface area contributed by atoms with Crippen molar-refractivity contribution in [1.82, 2.24) is 19.8 Å². The Morgan fingerprint density at radius 2 is 1.81 bits per heavy atom. The van der Waals surface area contributed by atoms with Crippen LogP contribution in [-0.2, 0) is 16.1 Å². The van der Waals surface area contributed by atoms with Crippen LogP contribution in [0, 0.1) is 4.77 Å². The molecular formula is C18H22N6O2S. The highest BCUT2D eigenvalue weighted by Crippen LogP contribution is 2.16. The average molecular weight is 386 g/mol. The first-order valence-electron chi connectivity index (χ1n) is 8.92. The number of carbonyl (C=O) groups excluding carboxylic acids is 2. The van der Waals surface area contributed by atoms with Gasteiger partial charge in [-0.25, -0.2) is 0 Å². The molecule has 1 saturated heterocycles. The second kappa shape index (κ2) is 8.26. The Morgan fingerprint density at radius 3 is 2.41 bits per heavy atom. The van der Waals surface area contributed by atoms with E-state index in [0.29, 0.717) is 10.6 Å². The molecule has 0 spiro atoms. The molecule has 1 N–H and O–H groups in total. The average Bonchev–Trinajstić information content (AvgIpc) is 3.19. The molecule has 1 fully saturated rings. The third-order valence-electron chi connectivity index (χ3n) is 4.52. The number of carbonyl (C=O) groups is 2. The molecular weight excluding hydrogens is 364 g/mol. The van der Waals surface area contributed by atoms with Crippen molar-refractivity contribution in [3.8, 4) is 0 Å². The molecule has 0 atom stereocenters. The van der Waals surface area contributed by atoms with Gasteiger partial charge in [-0.2, -0.15) is 14.9 Å². The Hall–Kier alpha value is -2.81. The number of H-pyrrole nitrogens is 1. The zero-order valence-corrected chi connectivity index (χ0v) is 16.2. The summed E-state index contributed by atoms with van der Waals surface area (Å²) in [4.78, 5) is 27.1. The zero-order chi connectivity index (χ0) is 19.4. The molecule has 2 heterocycles. The third kappa shape index (κ3) is 4.13. The van der Waals surface area contributed by atoms with E-state index in [0.717, 1.165) is 24.3 Å². The van der Waals surface area contributed by atoms with Gasteiger partial charge in [0.05, 0.1) is 12.8 Å². The van der Waals surface area contributed by atoms with Crippen LogP contribution in [0.4, 0.5) is 5.69 Å². The standard InChI is InChI=1S/C18H22N6O2S/c1-3-22(4-2)14-7-5-13(6-8-14)11-19-24-15(20-21-18(24)27)12-23-16(25)9-10-17(23)26/h5-8,11H,3-4,9-10,12H2,1-2H3,(H,21,27)/b19-11+. The van der Waals surface area contributed by atoms with Gasteiger partial charge >= 0.3 is 0 Å². The van der Waals surface area contributed by atoms with Crippen molar-refractivity contribution in [2.45, 2.75) is 33.2 Å². The number of anilines is 1. The number of amides is 2. The van der Waals surface area contributed by atoms with Crippen molar-refractivity contribution in [1.29, 1.82) is 0 Å². The molecule has 1 aromatic carbocycles. The Labute approximate surface area is 162 Å². The highest BCUT2D eigenvalue weighted by atomic mass is 32.1. The maximum atomic E-state index is 11.8. The number of hydrogen-bond donors (Lipinski definition) is 1. The Morgan fingerprint density at radius 1 is 1.19 bits per heavy atom. The van der Waals surface area contributed by atoms with Crippen molar-refractivity contribution in [3.63, 3.8) is 0 Å². The lowest BCUT2D eigenvalue weighted by Gasteiger charge is -2.20. The molecule has 0 aliphatic carbocycles. The van der Waals surface area contributed by atoms with E-state index in [9.17, 15) is 9.59 Å². The molecule has 2 amide bonds. The molecule has 142 valence electrons. The van der Waals surface area contributed by atoms with E-state index in [1.807, 2.05) is 24.3 Å². The first-order valence-corrected chi connectivity index (χ1v) is 9.33. The molecule has 9 heteroatoms. The fourth-order valence-electron chi connectivity index (χ4n) is 2.97. The van der Waals surface area contributed by atoms with Gasteiger partial charge < -0.3 is 4.90 Å². The van der Waals surface area contributed by atoms with Crippen LogP contribution >= 0.6 is 12.2 Å². The van der Waals surface area contributed by atoms with Crippen LogP contribution in [0.5, 0.6) is 0 Å². The number of aromatic nitrogens is 3. The second-order valence-corrected chi connectivity index (χ2v) is 6.53. The summed E-state index contributed by atoms with van der Waals surface area (Å²) in [5.74, 6) is 0.0208.